The van der Waals surface area contributed by atoms with Crippen molar-refractivity contribution in [3.63, 3.8) is 0 Å². The fraction of sp³-hybridized carbons (Fsp3) is 0.846. The lowest BCUT2D eigenvalue weighted by atomic mass is 9.98. The molecular weight excluding hydrogens is 248 g/mol. The van der Waals surface area contributed by atoms with E-state index in [0.29, 0.717) is 25.9 Å². The second-order valence-corrected chi connectivity index (χ2v) is 5.85. The van der Waals surface area contributed by atoms with Crippen molar-refractivity contribution in [1.29, 1.82) is 0 Å². The number of carbonyl (C=O) groups is 2. The first-order valence-corrected chi connectivity index (χ1v) is 6.73. The minimum Gasteiger partial charge on any atom is -0.480 e. The average molecular weight is 272 g/mol. The van der Waals surface area contributed by atoms with Crippen LogP contribution in [0.25, 0.3) is 0 Å². The Morgan fingerprint density at radius 3 is 2.42 bits per heavy atom. The third-order valence-electron chi connectivity index (χ3n) is 3.56. The monoisotopic (exact) mass is 272 g/mol. The summed E-state index contributed by atoms with van der Waals surface area (Å²) >= 11 is 0. The van der Waals surface area contributed by atoms with Crippen LogP contribution in [0.4, 0.5) is 4.79 Å². The van der Waals surface area contributed by atoms with Gasteiger partial charge in [0.2, 0.25) is 0 Å². The molecule has 1 heterocycles. The third-order valence-corrected chi connectivity index (χ3v) is 3.56. The Kier molecular flexibility index (Phi) is 5.17. The number of carboxylic acid groups (broad SMARTS) is 1. The van der Waals surface area contributed by atoms with Crippen molar-refractivity contribution < 1.29 is 19.8 Å². The number of nitrogens with zero attached hydrogens (tertiary/aromatic N) is 1. The van der Waals surface area contributed by atoms with Crippen molar-refractivity contribution in [3.8, 4) is 0 Å². The van der Waals surface area contributed by atoms with Crippen LogP contribution in [0.15, 0.2) is 0 Å². The van der Waals surface area contributed by atoms with E-state index < -0.39 is 17.6 Å². The number of rotatable bonds is 3. The lowest BCUT2D eigenvalue weighted by molar-refractivity contribution is -0.140. The van der Waals surface area contributed by atoms with Gasteiger partial charge in [-0.05, 0) is 32.1 Å². The number of hydrogen-bond acceptors (Lipinski definition) is 3. The quantitative estimate of drug-likeness (QED) is 0.716. The molecule has 0 radical (unpaired) electrons. The summed E-state index contributed by atoms with van der Waals surface area (Å²) in [6.07, 6.45) is 1.89. The molecule has 0 bridgehead atoms. The molecule has 110 valence electrons. The van der Waals surface area contributed by atoms with Crippen molar-refractivity contribution in [1.82, 2.24) is 10.2 Å². The van der Waals surface area contributed by atoms with E-state index in [9.17, 15) is 14.7 Å². The first-order chi connectivity index (χ1) is 8.73. The van der Waals surface area contributed by atoms with E-state index in [2.05, 4.69) is 5.32 Å². The zero-order chi connectivity index (χ0) is 14.6. The minimum absolute atomic E-state index is 0.170. The Bertz CT molecular complexity index is 342. The largest absolute Gasteiger partial charge is 0.480 e. The first kappa shape index (κ1) is 15.8. The highest BCUT2D eigenvalue weighted by molar-refractivity contribution is 5.82. The van der Waals surface area contributed by atoms with Gasteiger partial charge in [0.25, 0.3) is 0 Å². The van der Waals surface area contributed by atoms with Gasteiger partial charge in [-0.25, -0.2) is 9.59 Å². The summed E-state index contributed by atoms with van der Waals surface area (Å²) in [6.45, 7) is 6.27. The maximum Gasteiger partial charge on any atom is 0.326 e. The van der Waals surface area contributed by atoms with E-state index in [4.69, 9.17) is 5.11 Å². The molecule has 1 aliphatic rings. The Morgan fingerprint density at radius 2 is 1.89 bits per heavy atom. The van der Waals surface area contributed by atoms with E-state index in [-0.39, 0.29) is 11.9 Å². The van der Waals surface area contributed by atoms with Crippen molar-refractivity contribution in [2.75, 3.05) is 13.1 Å². The summed E-state index contributed by atoms with van der Waals surface area (Å²) in [5.74, 6) is -1.19. The van der Waals surface area contributed by atoms with Crippen LogP contribution in [0.5, 0.6) is 0 Å². The number of amides is 2. The topological polar surface area (TPSA) is 89.9 Å². The van der Waals surface area contributed by atoms with Gasteiger partial charge < -0.3 is 20.4 Å². The maximum absolute atomic E-state index is 12.1. The molecule has 2 amide bonds. The average Bonchev–Trinajstić information content (AvgIpc) is 2.46. The van der Waals surface area contributed by atoms with Gasteiger partial charge >= 0.3 is 12.0 Å². The normalized spacial score (nSPS) is 25.8. The van der Waals surface area contributed by atoms with Crippen molar-refractivity contribution in [3.05, 3.63) is 0 Å². The summed E-state index contributed by atoms with van der Waals surface area (Å²) in [5.41, 5.74) is -0.737. The van der Waals surface area contributed by atoms with Crippen LogP contribution in [0.1, 0.15) is 40.0 Å². The lowest BCUT2D eigenvalue weighted by Crippen LogP contribution is -2.50. The molecule has 2 atom stereocenters. The van der Waals surface area contributed by atoms with Gasteiger partial charge in [0.15, 0.2) is 0 Å². The Morgan fingerprint density at radius 1 is 1.26 bits per heavy atom. The van der Waals surface area contributed by atoms with Crippen LogP contribution < -0.4 is 5.32 Å². The number of likely N-dealkylation sites (tertiary alicyclic amines) is 1. The maximum atomic E-state index is 12.1. The summed E-state index contributed by atoms with van der Waals surface area (Å²) in [6, 6.07) is -1.24. The van der Waals surface area contributed by atoms with Crippen LogP contribution in [-0.4, -0.2) is 51.8 Å². The fourth-order valence-electron chi connectivity index (χ4n) is 2.20. The molecule has 3 N–H and O–H groups in total. The van der Waals surface area contributed by atoms with Crippen LogP contribution in [0.3, 0.4) is 0 Å². The van der Waals surface area contributed by atoms with Gasteiger partial charge in [0.05, 0.1) is 5.60 Å². The molecule has 0 aliphatic carbocycles. The number of carbonyl (C=O) groups excluding carboxylic acids is 1. The predicted molar refractivity (Wildman–Crippen MR) is 70.8 cm³/mol. The minimum atomic E-state index is -1.02. The van der Waals surface area contributed by atoms with Gasteiger partial charge in [-0.1, -0.05) is 13.8 Å². The molecule has 0 spiro atoms. The molecule has 1 fully saturated rings. The molecule has 0 aromatic heterocycles. The van der Waals surface area contributed by atoms with E-state index >= 15 is 0 Å². The first-order valence-electron chi connectivity index (χ1n) is 6.73. The summed E-state index contributed by atoms with van der Waals surface area (Å²) in [4.78, 5) is 24.7. The molecule has 19 heavy (non-hydrogen) atoms. The number of aliphatic carboxylic acids is 1. The molecule has 0 saturated carbocycles. The zero-order valence-electron chi connectivity index (χ0n) is 11.8. The molecule has 2 unspecified atom stereocenters. The van der Waals surface area contributed by atoms with Crippen molar-refractivity contribution in [2.45, 2.75) is 51.7 Å². The van der Waals surface area contributed by atoms with E-state index in [1.807, 2.05) is 0 Å². The molecule has 1 rings (SSSR count). The summed E-state index contributed by atoms with van der Waals surface area (Å²) in [5, 5.41) is 21.6. The number of urea groups is 1. The summed E-state index contributed by atoms with van der Waals surface area (Å²) < 4.78 is 0. The van der Waals surface area contributed by atoms with E-state index in [1.165, 1.54) is 0 Å². The fourth-order valence-corrected chi connectivity index (χ4v) is 2.20. The van der Waals surface area contributed by atoms with Gasteiger partial charge in [-0.2, -0.15) is 0 Å². The van der Waals surface area contributed by atoms with Crippen LogP contribution >= 0.6 is 0 Å². The smallest absolute Gasteiger partial charge is 0.326 e. The SMILES string of the molecule is CC(C)C(NC(=O)N1CCCC(C)(O)CC1)C(=O)O. The Balaban J connectivity index is 2.60. The highest BCUT2D eigenvalue weighted by Gasteiger charge is 2.30. The van der Waals surface area contributed by atoms with E-state index in [1.54, 1.807) is 25.7 Å². The predicted octanol–water partition coefficient (Wildman–Crippen LogP) is 1.04. The van der Waals surface area contributed by atoms with Gasteiger partial charge in [0.1, 0.15) is 6.04 Å². The Hall–Kier alpha value is -1.30. The molecule has 6 heteroatoms. The van der Waals surface area contributed by atoms with Gasteiger partial charge in [-0.15, -0.1) is 0 Å². The van der Waals surface area contributed by atoms with Gasteiger partial charge in [-0.3, -0.25) is 0 Å². The van der Waals surface area contributed by atoms with Gasteiger partial charge in [0, 0.05) is 13.1 Å². The molecular formula is C13H24N2O4. The van der Waals surface area contributed by atoms with Crippen LogP contribution in [-0.2, 0) is 4.79 Å². The highest BCUT2D eigenvalue weighted by Crippen LogP contribution is 2.21. The second-order valence-electron chi connectivity index (χ2n) is 5.85. The van der Waals surface area contributed by atoms with Crippen molar-refractivity contribution in [2.24, 2.45) is 5.92 Å². The Labute approximate surface area is 113 Å². The molecule has 1 aliphatic heterocycles. The number of nitrogens with one attached hydrogen (secondary N) is 1. The molecule has 1 saturated heterocycles. The highest BCUT2D eigenvalue weighted by atomic mass is 16.4. The number of carboxylic acids is 1. The summed E-state index contributed by atoms with van der Waals surface area (Å²) in [7, 11) is 0. The van der Waals surface area contributed by atoms with E-state index in [0.717, 1.165) is 6.42 Å². The number of aliphatic hydroxyl groups is 1. The van der Waals surface area contributed by atoms with Crippen LogP contribution in [0, 0.1) is 5.92 Å². The number of hydrogen-bond donors (Lipinski definition) is 3. The molecule has 0 aromatic rings. The zero-order valence-corrected chi connectivity index (χ0v) is 11.8. The molecule has 6 nitrogen and oxygen atoms in total. The van der Waals surface area contributed by atoms with Crippen LogP contribution in [0.2, 0.25) is 0 Å². The standard InChI is InChI=1S/C13H24N2O4/c1-9(2)10(11(16)17)14-12(18)15-7-4-5-13(3,19)6-8-15/h9-10,19H,4-8H2,1-3H3,(H,14,18)(H,16,17). The third kappa shape index (κ3) is 4.70. The lowest BCUT2D eigenvalue weighted by Gasteiger charge is -2.26. The van der Waals surface area contributed by atoms with Crippen molar-refractivity contribution >= 4 is 12.0 Å². The molecule has 0 aromatic carbocycles. The second kappa shape index (κ2) is 6.23.